The lowest BCUT2D eigenvalue weighted by Gasteiger charge is -2.02. The first-order valence-corrected chi connectivity index (χ1v) is 6.40. The van der Waals surface area contributed by atoms with Gasteiger partial charge in [0, 0.05) is 16.3 Å². The van der Waals surface area contributed by atoms with E-state index in [1.54, 1.807) is 0 Å². The zero-order valence-corrected chi connectivity index (χ0v) is 11.0. The molecule has 0 fully saturated rings. The van der Waals surface area contributed by atoms with Crippen molar-refractivity contribution in [2.75, 3.05) is 13.1 Å². The number of rotatable bonds is 5. The van der Waals surface area contributed by atoms with Crippen LogP contribution in [0.15, 0.2) is 11.6 Å². The molecule has 0 spiro atoms. The van der Waals surface area contributed by atoms with Crippen LogP contribution in [0.4, 0.5) is 0 Å². The zero-order valence-electron chi connectivity index (χ0n) is 10.2. The van der Waals surface area contributed by atoms with Crippen molar-refractivity contribution in [3.63, 3.8) is 0 Å². The minimum atomic E-state index is 1.00. The first kappa shape index (κ1) is 12.5. The van der Waals surface area contributed by atoms with Gasteiger partial charge in [-0.25, -0.2) is 0 Å². The van der Waals surface area contributed by atoms with Crippen LogP contribution in [-0.4, -0.2) is 13.1 Å². The van der Waals surface area contributed by atoms with Crippen molar-refractivity contribution < 1.29 is 0 Å². The largest absolute Gasteiger partial charge is 0.313 e. The van der Waals surface area contributed by atoms with Crippen molar-refractivity contribution in [3.8, 4) is 0 Å². The summed E-state index contributed by atoms with van der Waals surface area (Å²) in [6.45, 7) is 10.8. The molecule has 1 heterocycles. The van der Waals surface area contributed by atoms with Crippen molar-refractivity contribution in [2.45, 2.75) is 34.1 Å². The fourth-order valence-electron chi connectivity index (χ4n) is 1.57. The summed E-state index contributed by atoms with van der Waals surface area (Å²) in [6.07, 6.45) is 3.49. The minimum absolute atomic E-state index is 1.00. The first-order valence-electron chi connectivity index (χ1n) is 5.58. The molecule has 1 nitrogen and oxygen atoms in total. The summed E-state index contributed by atoms with van der Waals surface area (Å²) in [5.74, 6) is 0. The molecule has 1 N–H and O–H groups in total. The molecular weight excluding hydrogens is 202 g/mol. The van der Waals surface area contributed by atoms with E-state index in [-0.39, 0.29) is 0 Å². The zero-order chi connectivity index (χ0) is 11.3. The van der Waals surface area contributed by atoms with Crippen molar-refractivity contribution in [2.24, 2.45) is 0 Å². The van der Waals surface area contributed by atoms with E-state index in [0.717, 1.165) is 13.1 Å². The van der Waals surface area contributed by atoms with Crippen molar-refractivity contribution in [1.29, 1.82) is 0 Å². The highest BCUT2D eigenvalue weighted by Gasteiger charge is 2.00. The van der Waals surface area contributed by atoms with Gasteiger partial charge in [-0.1, -0.05) is 18.6 Å². The molecule has 0 aromatic carbocycles. The fraction of sp³-hybridized carbons (Fsp3) is 0.538. The topological polar surface area (TPSA) is 12.0 Å². The summed E-state index contributed by atoms with van der Waals surface area (Å²) in [5.41, 5.74) is 2.79. The molecule has 84 valence electrons. The fourth-order valence-corrected chi connectivity index (χ4v) is 2.48. The molecule has 0 aliphatic heterocycles. The highest BCUT2D eigenvalue weighted by molar-refractivity contribution is 7.12. The van der Waals surface area contributed by atoms with Crippen LogP contribution in [-0.2, 0) is 0 Å². The second-order valence-corrected chi connectivity index (χ2v) is 5.50. The van der Waals surface area contributed by atoms with Gasteiger partial charge in [0.05, 0.1) is 0 Å². The summed E-state index contributed by atoms with van der Waals surface area (Å²) in [7, 11) is 0. The molecule has 0 unspecified atom stereocenters. The predicted molar refractivity (Wildman–Crippen MR) is 70.6 cm³/mol. The average molecular weight is 223 g/mol. The normalized spacial score (nSPS) is 12.1. The molecule has 0 saturated heterocycles. The Morgan fingerprint density at radius 3 is 2.73 bits per heavy atom. The number of nitrogens with one attached hydrogen (secondary N) is 1. The molecule has 0 aliphatic carbocycles. The monoisotopic (exact) mass is 223 g/mol. The van der Waals surface area contributed by atoms with E-state index >= 15 is 0 Å². The molecule has 0 aliphatic rings. The van der Waals surface area contributed by atoms with E-state index in [1.807, 2.05) is 11.3 Å². The van der Waals surface area contributed by atoms with Crippen LogP contribution >= 0.6 is 11.3 Å². The van der Waals surface area contributed by atoms with Gasteiger partial charge in [-0.05, 0) is 45.4 Å². The van der Waals surface area contributed by atoms with Gasteiger partial charge in [0.1, 0.15) is 0 Å². The molecule has 0 radical (unpaired) electrons. The standard InChI is InChI=1S/C13H21NS/c1-5-6-14-9-10(2)7-13-8-11(3)15-12(13)4/h7-8,14H,5-6,9H2,1-4H3. The molecule has 1 aromatic heterocycles. The number of hydrogen-bond donors (Lipinski definition) is 1. The SMILES string of the molecule is CCCNCC(C)=Cc1cc(C)sc1C. The second kappa shape index (κ2) is 6.09. The Hall–Kier alpha value is -0.600. The van der Waals surface area contributed by atoms with Crippen LogP contribution in [0.1, 0.15) is 35.6 Å². The van der Waals surface area contributed by atoms with Crippen LogP contribution < -0.4 is 5.32 Å². The summed E-state index contributed by atoms with van der Waals surface area (Å²) < 4.78 is 0. The number of thiophene rings is 1. The summed E-state index contributed by atoms with van der Waals surface area (Å²) in [5, 5.41) is 3.42. The van der Waals surface area contributed by atoms with Gasteiger partial charge in [0.2, 0.25) is 0 Å². The van der Waals surface area contributed by atoms with E-state index in [0.29, 0.717) is 0 Å². The Morgan fingerprint density at radius 1 is 1.47 bits per heavy atom. The average Bonchev–Trinajstić information content (AvgIpc) is 2.45. The van der Waals surface area contributed by atoms with E-state index in [2.05, 4.69) is 45.2 Å². The van der Waals surface area contributed by atoms with Gasteiger partial charge in [-0.2, -0.15) is 0 Å². The molecular formula is C13H21NS. The highest BCUT2D eigenvalue weighted by Crippen LogP contribution is 2.22. The molecule has 1 aromatic rings. The molecule has 0 bridgehead atoms. The second-order valence-electron chi connectivity index (χ2n) is 4.04. The van der Waals surface area contributed by atoms with E-state index < -0.39 is 0 Å². The number of hydrogen-bond acceptors (Lipinski definition) is 2. The van der Waals surface area contributed by atoms with Gasteiger partial charge in [0.15, 0.2) is 0 Å². The Bertz CT molecular complexity index is 336. The summed E-state index contributed by atoms with van der Waals surface area (Å²) >= 11 is 1.87. The van der Waals surface area contributed by atoms with Gasteiger partial charge in [-0.15, -0.1) is 11.3 Å². The maximum Gasteiger partial charge on any atom is 0.0165 e. The molecule has 0 saturated carbocycles. The molecule has 15 heavy (non-hydrogen) atoms. The lowest BCUT2D eigenvalue weighted by molar-refractivity contribution is 0.715. The maximum atomic E-state index is 3.42. The lowest BCUT2D eigenvalue weighted by Crippen LogP contribution is -2.16. The predicted octanol–water partition coefficient (Wildman–Crippen LogP) is 3.77. The van der Waals surface area contributed by atoms with Crippen LogP contribution in [0, 0.1) is 13.8 Å². The third kappa shape index (κ3) is 4.18. The van der Waals surface area contributed by atoms with E-state index in [1.165, 1.54) is 27.3 Å². The number of aryl methyl sites for hydroxylation is 2. The van der Waals surface area contributed by atoms with Crippen molar-refractivity contribution in [3.05, 3.63) is 27.0 Å². The van der Waals surface area contributed by atoms with Crippen LogP contribution in [0.3, 0.4) is 0 Å². The first-order chi connectivity index (χ1) is 7.13. The van der Waals surface area contributed by atoms with Gasteiger partial charge < -0.3 is 5.32 Å². The van der Waals surface area contributed by atoms with E-state index in [4.69, 9.17) is 0 Å². The minimum Gasteiger partial charge on any atom is -0.313 e. The van der Waals surface area contributed by atoms with E-state index in [9.17, 15) is 0 Å². The Morgan fingerprint density at radius 2 is 2.20 bits per heavy atom. The Kier molecular flexibility index (Phi) is 5.06. The summed E-state index contributed by atoms with van der Waals surface area (Å²) in [4.78, 5) is 2.82. The molecule has 2 heteroatoms. The van der Waals surface area contributed by atoms with Gasteiger partial charge in [0.25, 0.3) is 0 Å². The quantitative estimate of drug-likeness (QED) is 0.749. The van der Waals surface area contributed by atoms with Crippen molar-refractivity contribution >= 4 is 17.4 Å². The van der Waals surface area contributed by atoms with Gasteiger partial charge >= 0.3 is 0 Å². The maximum absolute atomic E-state index is 3.42. The smallest absolute Gasteiger partial charge is 0.0165 e. The summed E-state index contributed by atoms with van der Waals surface area (Å²) in [6, 6.07) is 2.27. The molecule has 1 rings (SSSR count). The molecule has 0 amide bonds. The van der Waals surface area contributed by atoms with Crippen LogP contribution in [0.25, 0.3) is 6.08 Å². The van der Waals surface area contributed by atoms with Crippen molar-refractivity contribution in [1.82, 2.24) is 5.32 Å². The Balaban J connectivity index is 2.58. The molecule has 0 atom stereocenters. The third-order valence-corrected chi connectivity index (χ3v) is 3.29. The highest BCUT2D eigenvalue weighted by atomic mass is 32.1. The lowest BCUT2D eigenvalue weighted by atomic mass is 10.1. The van der Waals surface area contributed by atoms with Gasteiger partial charge in [-0.3, -0.25) is 0 Å². The van der Waals surface area contributed by atoms with Crippen LogP contribution in [0.2, 0.25) is 0 Å². The third-order valence-electron chi connectivity index (χ3n) is 2.31. The van der Waals surface area contributed by atoms with Crippen LogP contribution in [0.5, 0.6) is 0 Å². The Labute approximate surface area is 97.2 Å².